The van der Waals surface area contributed by atoms with E-state index in [1.807, 2.05) is 20.8 Å². The molecule has 0 fully saturated rings. The SMILES string of the molecule is CC(C)(C)OC(=O)NC/C=C\CN. The molecule has 0 heterocycles. The molecule has 0 aliphatic rings. The van der Waals surface area contributed by atoms with Crippen LogP contribution in [0.4, 0.5) is 4.79 Å². The number of rotatable bonds is 3. The van der Waals surface area contributed by atoms with Crippen LogP contribution in [0.5, 0.6) is 0 Å². The van der Waals surface area contributed by atoms with E-state index in [-0.39, 0.29) is 0 Å². The van der Waals surface area contributed by atoms with Gasteiger partial charge < -0.3 is 15.8 Å². The van der Waals surface area contributed by atoms with Crippen LogP contribution < -0.4 is 11.1 Å². The molecule has 0 aromatic carbocycles. The molecule has 0 rings (SSSR count). The second-order valence-electron chi connectivity index (χ2n) is 3.59. The molecule has 0 aliphatic heterocycles. The van der Waals surface area contributed by atoms with E-state index < -0.39 is 11.7 Å². The van der Waals surface area contributed by atoms with Gasteiger partial charge in [-0.3, -0.25) is 0 Å². The number of hydrogen-bond acceptors (Lipinski definition) is 3. The number of carbonyl (C=O) groups is 1. The maximum atomic E-state index is 11.0. The third-order valence-corrected chi connectivity index (χ3v) is 1.07. The molecule has 0 unspecified atom stereocenters. The predicted octanol–water partition coefficient (Wildman–Crippen LogP) is 1.03. The van der Waals surface area contributed by atoms with Gasteiger partial charge in [-0.1, -0.05) is 12.2 Å². The van der Waals surface area contributed by atoms with Gasteiger partial charge in [0.15, 0.2) is 0 Å². The summed E-state index contributed by atoms with van der Waals surface area (Å²) in [5, 5.41) is 2.57. The standard InChI is InChI=1S/C9H18N2O2/c1-9(2,3)13-8(12)11-7-5-4-6-10/h4-5H,6-7,10H2,1-3H3,(H,11,12)/b5-4-. The van der Waals surface area contributed by atoms with Gasteiger partial charge in [-0.25, -0.2) is 4.79 Å². The highest BCUT2D eigenvalue weighted by Gasteiger charge is 2.14. The summed E-state index contributed by atoms with van der Waals surface area (Å²) in [7, 11) is 0. The number of amides is 1. The normalized spacial score (nSPS) is 11.7. The molecule has 1 amide bonds. The minimum atomic E-state index is -0.443. The Bertz CT molecular complexity index is 183. The van der Waals surface area contributed by atoms with Crippen molar-refractivity contribution in [3.05, 3.63) is 12.2 Å². The van der Waals surface area contributed by atoms with Crippen molar-refractivity contribution in [2.75, 3.05) is 13.1 Å². The van der Waals surface area contributed by atoms with Crippen molar-refractivity contribution in [1.29, 1.82) is 0 Å². The molecule has 0 aromatic heterocycles. The summed E-state index contributed by atoms with van der Waals surface area (Å²) in [5.74, 6) is 0. The van der Waals surface area contributed by atoms with Crippen molar-refractivity contribution < 1.29 is 9.53 Å². The molecule has 4 nitrogen and oxygen atoms in total. The van der Waals surface area contributed by atoms with E-state index in [0.29, 0.717) is 13.1 Å². The van der Waals surface area contributed by atoms with Gasteiger partial charge in [-0.15, -0.1) is 0 Å². The van der Waals surface area contributed by atoms with Crippen LogP contribution in [0.1, 0.15) is 20.8 Å². The summed E-state index contributed by atoms with van der Waals surface area (Å²) in [6, 6.07) is 0. The minimum Gasteiger partial charge on any atom is -0.444 e. The van der Waals surface area contributed by atoms with Gasteiger partial charge >= 0.3 is 6.09 Å². The Morgan fingerprint density at radius 1 is 1.46 bits per heavy atom. The molecule has 76 valence electrons. The van der Waals surface area contributed by atoms with E-state index in [1.165, 1.54) is 0 Å². The highest BCUT2D eigenvalue weighted by atomic mass is 16.6. The lowest BCUT2D eigenvalue weighted by Crippen LogP contribution is -2.32. The molecule has 0 atom stereocenters. The zero-order chi connectivity index (χ0) is 10.3. The number of carbonyl (C=O) groups excluding carboxylic acids is 1. The van der Waals surface area contributed by atoms with Gasteiger partial charge in [-0.2, -0.15) is 0 Å². The van der Waals surface area contributed by atoms with Gasteiger partial charge in [0.1, 0.15) is 5.60 Å². The first-order valence-corrected chi connectivity index (χ1v) is 4.27. The molecular formula is C9H18N2O2. The Kier molecular flexibility index (Phi) is 5.14. The van der Waals surface area contributed by atoms with Crippen LogP contribution in [0, 0.1) is 0 Å². The third-order valence-electron chi connectivity index (χ3n) is 1.07. The topological polar surface area (TPSA) is 64.3 Å². The van der Waals surface area contributed by atoms with Crippen molar-refractivity contribution in [3.8, 4) is 0 Å². The first kappa shape index (κ1) is 12.0. The first-order chi connectivity index (χ1) is 5.95. The maximum absolute atomic E-state index is 11.0. The van der Waals surface area contributed by atoms with Crippen molar-refractivity contribution in [3.63, 3.8) is 0 Å². The Balaban J connectivity index is 3.58. The number of alkyl carbamates (subject to hydrolysis) is 1. The van der Waals surface area contributed by atoms with Crippen molar-refractivity contribution in [2.24, 2.45) is 5.73 Å². The zero-order valence-electron chi connectivity index (χ0n) is 8.46. The Morgan fingerprint density at radius 3 is 2.54 bits per heavy atom. The molecule has 0 spiro atoms. The lowest BCUT2D eigenvalue weighted by molar-refractivity contribution is 0.0534. The van der Waals surface area contributed by atoms with E-state index in [2.05, 4.69) is 5.32 Å². The van der Waals surface area contributed by atoms with Crippen molar-refractivity contribution in [2.45, 2.75) is 26.4 Å². The molecular weight excluding hydrogens is 168 g/mol. The predicted molar refractivity (Wildman–Crippen MR) is 52.4 cm³/mol. The van der Waals surface area contributed by atoms with E-state index in [9.17, 15) is 4.79 Å². The third kappa shape index (κ3) is 8.88. The average Bonchev–Trinajstić information content (AvgIpc) is 1.94. The van der Waals surface area contributed by atoms with E-state index >= 15 is 0 Å². The zero-order valence-corrected chi connectivity index (χ0v) is 8.46. The largest absolute Gasteiger partial charge is 0.444 e. The van der Waals surface area contributed by atoms with Gasteiger partial charge in [0.05, 0.1) is 0 Å². The Labute approximate surface area is 79.1 Å². The Hall–Kier alpha value is -1.03. The first-order valence-electron chi connectivity index (χ1n) is 4.27. The number of nitrogens with one attached hydrogen (secondary N) is 1. The van der Waals surface area contributed by atoms with Crippen molar-refractivity contribution >= 4 is 6.09 Å². The van der Waals surface area contributed by atoms with Crippen LogP contribution in [0.15, 0.2) is 12.2 Å². The Morgan fingerprint density at radius 2 is 2.08 bits per heavy atom. The van der Waals surface area contributed by atoms with Crippen LogP contribution in [-0.2, 0) is 4.74 Å². The molecule has 0 saturated heterocycles. The van der Waals surface area contributed by atoms with Gasteiger partial charge in [0.2, 0.25) is 0 Å². The summed E-state index contributed by atoms with van der Waals surface area (Å²) in [6.45, 7) is 6.40. The lowest BCUT2D eigenvalue weighted by atomic mass is 10.2. The number of nitrogens with two attached hydrogens (primary N) is 1. The minimum absolute atomic E-state index is 0.408. The van der Waals surface area contributed by atoms with Crippen molar-refractivity contribution in [1.82, 2.24) is 5.32 Å². The summed E-state index contributed by atoms with van der Waals surface area (Å²) in [5.41, 5.74) is 4.77. The fraction of sp³-hybridized carbons (Fsp3) is 0.667. The highest BCUT2D eigenvalue weighted by Crippen LogP contribution is 2.05. The van der Waals surface area contributed by atoms with Gasteiger partial charge in [-0.05, 0) is 20.8 Å². The van der Waals surface area contributed by atoms with Crippen LogP contribution in [-0.4, -0.2) is 24.8 Å². The lowest BCUT2D eigenvalue weighted by Gasteiger charge is -2.19. The summed E-state index contributed by atoms with van der Waals surface area (Å²) >= 11 is 0. The fourth-order valence-corrected chi connectivity index (χ4v) is 0.636. The second kappa shape index (κ2) is 5.59. The van der Waals surface area contributed by atoms with Crippen LogP contribution in [0.3, 0.4) is 0 Å². The van der Waals surface area contributed by atoms with E-state index in [4.69, 9.17) is 10.5 Å². The summed E-state index contributed by atoms with van der Waals surface area (Å²) in [4.78, 5) is 11.0. The summed E-state index contributed by atoms with van der Waals surface area (Å²) in [6.07, 6.45) is 3.15. The number of hydrogen-bond donors (Lipinski definition) is 2. The molecule has 4 heteroatoms. The van der Waals surface area contributed by atoms with Crippen LogP contribution in [0.2, 0.25) is 0 Å². The smallest absolute Gasteiger partial charge is 0.407 e. The average molecular weight is 186 g/mol. The molecule has 0 bridgehead atoms. The van der Waals surface area contributed by atoms with Gasteiger partial charge in [0, 0.05) is 13.1 Å². The molecule has 13 heavy (non-hydrogen) atoms. The molecule has 0 radical (unpaired) electrons. The molecule has 3 N–H and O–H groups in total. The monoisotopic (exact) mass is 186 g/mol. The molecule has 0 saturated carbocycles. The maximum Gasteiger partial charge on any atom is 0.407 e. The number of ether oxygens (including phenoxy) is 1. The van der Waals surface area contributed by atoms with Crippen LogP contribution >= 0.6 is 0 Å². The van der Waals surface area contributed by atoms with E-state index in [1.54, 1.807) is 12.2 Å². The fourth-order valence-electron chi connectivity index (χ4n) is 0.636. The highest BCUT2D eigenvalue weighted by molar-refractivity contribution is 5.67. The van der Waals surface area contributed by atoms with Crippen LogP contribution in [0.25, 0.3) is 0 Å². The second-order valence-corrected chi connectivity index (χ2v) is 3.59. The van der Waals surface area contributed by atoms with Gasteiger partial charge in [0.25, 0.3) is 0 Å². The molecule has 0 aromatic rings. The summed E-state index contributed by atoms with van der Waals surface area (Å²) < 4.78 is 5.00. The van der Waals surface area contributed by atoms with E-state index in [0.717, 1.165) is 0 Å². The molecule has 0 aliphatic carbocycles. The quantitative estimate of drug-likeness (QED) is 0.647.